The number of nitrogens with one attached hydrogen (secondary N) is 1. The quantitative estimate of drug-likeness (QED) is 0.367. The maximum absolute atomic E-state index is 12.8. The number of amides is 2. The molecule has 1 heterocycles. The molecule has 3 aromatic carbocycles. The second-order valence-electron chi connectivity index (χ2n) is 9.31. The zero-order valence-electron chi connectivity index (χ0n) is 22.9. The third-order valence-corrected chi connectivity index (χ3v) is 6.72. The van der Waals surface area contributed by atoms with E-state index in [1.54, 1.807) is 24.0 Å². The van der Waals surface area contributed by atoms with E-state index < -0.39 is 11.9 Å². The van der Waals surface area contributed by atoms with Gasteiger partial charge in [-0.25, -0.2) is 4.79 Å². The lowest BCUT2D eigenvalue weighted by atomic mass is 9.96. The normalized spacial score (nSPS) is 13.6. The molecule has 40 heavy (non-hydrogen) atoms. The van der Waals surface area contributed by atoms with Crippen LogP contribution in [0.15, 0.2) is 78.9 Å². The van der Waals surface area contributed by atoms with Gasteiger partial charge in [0.05, 0.1) is 31.0 Å². The SMILES string of the molecule is CCOC(=O)c1cc(OC)ccc1NC(=O)COCC(=O)N1CCN(C(c2ccccc2)c2ccccc2)CC1. The fraction of sp³-hybridized carbons (Fsp3) is 0.323. The molecule has 210 valence electrons. The van der Waals surface area contributed by atoms with Crippen LogP contribution in [0.2, 0.25) is 0 Å². The van der Waals surface area contributed by atoms with Crippen LogP contribution in [-0.4, -0.2) is 80.7 Å². The Bertz CT molecular complexity index is 1240. The van der Waals surface area contributed by atoms with Crippen molar-refractivity contribution in [3.8, 4) is 5.75 Å². The summed E-state index contributed by atoms with van der Waals surface area (Å²) in [6.45, 7) is 3.93. The highest BCUT2D eigenvalue weighted by Crippen LogP contribution is 2.29. The Morgan fingerprint density at radius 2 is 1.48 bits per heavy atom. The van der Waals surface area contributed by atoms with E-state index in [1.807, 2.05) is 36.4 Å². The van der Waals surface area contributed by atoms with Crippen LogP contribution in [0.5, 0.6) is 5.75 Å². The zero-order valence-corrected chi connectivity index (χ0v) is 22.9. The van der Waals surface area contributed by atoms with Crippen molar-refractivity contribution in [3.05, 3.63) is 95.6 Å². The van der Waals surface area contributed by atoms with Crippen molar-refractivity contribution in [3.63, 3.8) is 0 Å². The summed E-state index contributed by atoms with van der Waals surface area (Å²) in [5.74, 6) is -0.766. The molecule has 9 nitrogen and oxygen atoms in total. The van der Waals surface area contributed by atoms with Crippen LogP contribution in [0.1, 0.15) is 34.5 Å². The molecule has 0 aliphatic carbocycles. The Hall–Kier alpha value is -4.21. The molecule has 0 saturated carbocycles. The molecule has 4 rings (SSSR count). The van der Waals surface area contributed by atoms with Gasteiger partial charge in [-0.1, -0.05) is 60.7 Å². The Kier molecular flexibility index (Phi) is 10.3. The summed E-state index contributed by atoms with van der Waals surface area (Å²) in [5, 5.41) is 2.65. The average Bonchev–Trinajstić information content (AvgIpc) is 2.99. The van der Waals surface area contributed by atoms with E-state index >= 15 is 0 Å². The van der Waals surface area contributed by atoms with Gasteiger partial charge in [-0.15, -0.1) is 0 Å². The summed E-state index contributed by atoms with van der Waals surface area (Å²) in [6.07, 6.45) is 0. The highest BCUT2D eigenvalue weighted by molar-refractivity contribution is 6.02. The van der Waals surface area contributed by atoms with E-state index in [0.29, 0.717) is 18.8 Å². The molecule has 0 atom stereocenters. The Balaban J connectivity index is 1.28. The molecule has 0 unspecified atom stereocenters. The summed E-state index contributed by atoms with van der Waals surface area (Å²) < 4.78 is 15.7. The number of carbonyl (C=O) groups is 3. The van der Waals surface area contributed by atoms with Gasteiger partial charge in [0.2, 0.25) is 11.8 Å². The van der Waals surface area contributed by atoms with Crippen molar-refractivity contribution in [1.82, 2.24) is 9.80 Å². The molecule has 1 aliphatic heterocycles. The van der Waals surface area contributed by atoms with Crippen LogP contribution < -0.4 is 10.1 Å². The Morgan fingerprint density at radius 3 is 2.05 bits per heavy atom. The van der Waals surface area contributed by atoms with Crippen molar-refractivity contribution in [2.24, 2.45) is 0 Å². The van der Waals surface area contributed by atoms with Crippen LogP contribution in [0.4, 0.5) is 5.69 Å². The smallest absolute Gasteiger partial charge is 0.340 e. The lowest BCUT2D eigenvalue weighted by Crippen LogP contribution is -2.50. The molecular weight excluding hydrogens is 510 g/mol. The average molecular weight is 546 g/mol. The number of hydrogen-bond acceptors (Lipinski definition) is 7. The van der Waals surface area contributed by atoms with E-state index in [1.165, 1.54) is 24.3 Å². The van der Waals surface area contributed by atoms with Crippen molar-refractivity contribution < 1.29 is 28.6 Å². The van der Waals surface area contributed by atoms with E-state index in [0.717, 1.165) is 13.1 Å². The highest BCUT2D eigenvalue weighted by atomic mass is 16.5. The third kappa shape index (κ3) is 7.46. The number of nitrogens with zero attached hydrogens (tertiary/aromatic N) is 2. The van der Waals surface area contributed by atoms with Gasteiger partial charge >= 0.3 is 5.97 Å². The van der Waals surface area contributed by atoms with Crippen molar-refractivity contribution in [2.45, 2.75) is 13.0 Å². The van der Waals surface area contributed by atoms with E-state index in [-0.39, 0.29) is 43.0 Å². The molecule has 3 aromatic rings. The third-order valence-electron chi connectivity index (χ3n) is 6.72. The molecule has 1 aliphatic rings. The Morgan fingerprint density at radius 1 is 0.850 bits per heavy atom. The number of hydrogen-bond donors (Lipinski definition) is 1. The molecule has 9 heteroatoms. The minimum absolute atomic E-state index is 0.108. The van der Waals surface area contributed by atoms with Crippen LogP contribution in [0.3, 0.4) is 0 Å². The van der Waals surface area contributed by atoms with Crippen molar-refractivity contribution in [2.75, 3.05) is 58.4 Å². The largest absolute Gasteiger partial charge is 0.497 e. The number of ether oxygens (including phenoxy) is 3. The van der Waals surface area contributed by atoms with Gasteiger partial charge in [-0.3, -0.25) is 14.5 Å². The fourth-order valence-electron chi connectivity index (χ4n) is 4.76. The molecule has 0 radical (unpaired) electrons. The van der Waals surface area contributed by atoms with Gasteiger partial charge in [0.15, 0.2) is 0 Å². The molecule has 1 saturated heterocycles. The van der Waals surface area contributed by atoms with E-state index in [4.69, 9.17) is 14.2 Å². The molecule has 1 fully saturated rings. The molecule has 0 spiro atoms. The first-order valence-corrected chi connectivity index (χ1v) is 13.3. The minimum atomic E-state index is -0.575. The number of anilines is 1. The maximum Gasteiger partial charge on any atom is 0.340 e. The van der Waals surface area contributed by atoms with Crippen molar-refractivity contribution in [1.29, 1.82) is 0 Å². The van der Waals surface area contributed by atoms with E-state index in [9.17, 15) is 14.4 Å². The van der Waals surface area contributed by atoms with Crippen LogP contribution in [0, 0.1) is 0 Å². The lowest BCUT2D eigenvalue weighted by molar-refractivity contribution is -0.139. The molecule has 0 bridgehead atoms. The first-order chi connectivity index (χ1) is 19.5. The second-order valence-corrected chi connectivity index (χ2v) is 9.31. The number of methoxy groups -OCH3 is 1. The molecule has 0 aromatic heterocycles. The maximum atomic E-state index is 12.8. The molecule has 1 N–H and O–H groups in total. The monoisotopic (exact) mass is 545 g/mol. The van der Waals surface area contributed by atoms with Gasteiger partial charge in [0.1, 0.15) is 19.0 Å². The minimum Gasteiger partial charge on any atom is -0.497 e. The van der Waals surface area contributed by atoms with Gasteiger partial charge in [0.25, 0.3) is 0 Å². The fourth-order valence-corrected chi connectivity index (χ4v) is 4.76. The number of esters is 1. The Labute approximate surface area is 234 Å². The van der Waals surface area contributed by atoms with E-state index in [2.05, 4.69) is 34.5 Å². The summed E-state index contributed by atoms with van der Waals surface area (Å²) in [6, 6.07) is 25.5. The first-order valence-electron chi connectivity index (χ1n) is 13.3. The van der Waals surface area contributed by atoms with Gasteiger partial charge in [-0.2, -0.15) is 0 Å². The predicted molar refractivity (Wildman–Crippen MR) is 151 cm³/mol. The topological polar surface area (TPSA) is 97.4 Å². The van der Waals surface area contributed by atoms with Crippen LogP contribution in [-0.2, 0) is 19.1 Å². The second kappa shape index (κ2) is 14.3. The summed E-state index contributed by atoms with van der Waals surface area (Å²) >= 11 is 0. The first kappa shape index (κ1) is 28.8. The van der Waals surface area contributed by atoms with Crippen LogP contribution >= 0.6 is 0 Å². The molecular formula is C31H35N3O6. The number of carbonyl (C=O) groups excluding carboxylic acids is 3. The number of rotatable bonds is 11. The van der Waals surface area contributed by atoms with Crippen LogP contribution in [0.25, 0.3) is 0 Å². The van der Waals surface area contributed by atoms with Gasteiger partial charge < -0.3 is 24.4 Å². The van der Waals surface area contributed by atoms with Gasteiger partial charge in [-0.05, 0) is 36.2 Å². The van der Waals surface area contributed by atoms with Gasteiger partial charge in [0, 0.05) is 26.2 Å². The zero-order chi connectivity index (χ0) is 28.3. The summed E-state index contributed by atoms with van der Waals surface area (Å²) in [7, 11) is 1.48. The lowest BCUT2D eigenvalue weighted by Gasteiger charge is -2.39. The molecule has 2 amide bonds. The predicted octanol–water partition coefficient (Wildman–Crippen LogP) is 3.76. The number of piperazine rings is 1. The standard InChI is InChI=1S/C31H35N3O6/c1-3-40-31(37)26-20-25(38-2)14-15-27(26)32-28(35)21-39-22-29(36)33-16-18-34(19-17-33)30(23-10-6-4-7-11-23)24-12-8-5-9-13-24/h4-15,20,30H,3,16-19,21-22H2,1-2H3,(H,32,35). The highest BCUT2D eigenvalue weighted by Gasteiger charge is 2.28. The van der Waals surface area contributed by atoms with Crippen molar-refractivity contribution >= 4 is 23.5 Å². The summed E-state index contributed by atoms with van der Waals surface area (Å²) in [4.78, 5) is 41.8. The number of benzene rings is 3. The summed E-state index contributed by atoms with van der Waals surface area (Å²) in [5.41, 5.74) is 2.88.